The second-order valence-electron chi connectivity index (χ2n) is 3.76. The maximum Gasteiger partial charge on any atom is 0.353 e. The number of amides is 1. The third-order valence-electron chi connectivity index (χ3n) is 2.40. The van der Waals surface area contributed by atoms with Crippen molar-refractivity contribution in [3.63, 3.8) is 0 Å². The van der Waals surface area contributed by atoms with Crippen LogP contribution < -0.4 is 5.32 Å². The zero-order valence-electron chi connectivity index (χ0n) is 9.39. The van der Waals surface area contributed by atoms with Gasteiger partial charge >= 0.3 is 5.97 Å². The highest BCUT2D eigenvalue weighted by Gasteiger charge is 2.31. The first-order chi connectivity index (χ1) is 8.97. The Kier molecular flexibility index (Phi) is 3.92. The average molecular weight is 303 g/mol. The number of rotatable bonds is 3. The first kappa shape index (κ1) is 13.6. The number of halogens is 2. The molecule has 8 heteroatoms. The van der Waals surface area contributed by atoms with Gasteiger partial charge in [0, 0.05) is 12.1 Å². The molecule has 1 aromatic rings. The van der Waals surface area contributed by atoms with Gasteiger partial charge in [-0.3, -0.25) is 4.79 Å². The lowest BCUT2D eigenvalue weighted by Crippen LogP contribution is -2.28. The van der Waals surface area contributed by atoms with Gasteiger partial charge in [0.05, 0.1) is 10.0 Å². The number of hydrogen-bond donors (Lipinski definition) is 2. The fourth-order valence-electron chi connectivity index (χ4n) is 1.44. The predicted molar refractivity (Wildman–Crippen MR) is 69.7 cm³/mol. The van der Waals surface area contributed by atoms with Gasteiger partial charge in [-0.1, -0.05) is 28.4 Å². The number of anilines is 1. The van der Waals surface area contributed by atoms with Crippen LogP contribution in [0, 0.1) is 0 Å². The summed E-state index contributed by atoms with van der Waals surface area (Å²) in [7, 11) is 0. The molecule has 19 heavy (non-hydrogen) atoms. The molecule has 0 aliphatic carbocycles. The predicted octanol–water partition coefficient (Wildman–Crippen LogP) is 2.16. The Labute approximate surface area is 117 Å². The van der Waals surface area contributed by atoms with E-state index in [1.54, 1.807) is 6.07 Å². The summed E-state index contributed by atoms with van der Waals surface area (Å²) < 4.78 is 0. The van der Waals surface area contributed by atoms with Crippen molar-refractivity contribution >= 4 is 46.5 Å². The second-order valence-corrected chi connectivity index (χ2v) is 4.57. The molecule has 1 unspecified atom stereocenters. The van der Waals surface area contributed by atoms with Gasteiger partial charge in [-0.15, -0.1) is 0 Å². The van der Waals surface area contributed by atoms with Gasteiger partial charge in [0.2, 0.25) is 6.10 Å². The van der Waals surface area contributed by atoms with E-state index in [1.165, 1.54) is 12.1 Å². The lowest BCUT2D eigenvalue weighted by Gasteiger charge is -2.09. The van der Waals surface area contributed by atoms with Crippen molar-refractivity contribution < 1.29 is 19.5 Å². The van der Waals surface area contributed by atoms with Gasteiger partial charge in [-0.25, -0.2) is 4.79 Å². The number of oxime groups is 1. The number of aliphatic carboxylic acids is 1. The Hall–Kier alpha value is -1.79. The molecule has 0 saturated heterocycles. The summed E-state index contributed by atoms with van der Waals surface area (Å²) in [6, 6.07) is 4.59. The van der Waals surface area contributed by atoms with Gasteiger partial charge in [0.1, 0.15) is 0 Å². The molecule has 1 atom stereocenters. The molecule has 2 N–H and O–H groups in total. The van der Waals surface area contributed by atoms with E-state index in [0.29, 0.717) is 15.7 Å². The third-order valence-corrected chi connectivity index (χ3v) is 3.13. The maximum atomic E-state index is 11.8. The molecule has 0 radical (unpaired) electrons. The molecule has 0 aromatic heterocycles. The number of carbonyl (C=O) groups is 2. The van der Waals surface area contributed by atoms with Crippen molar-refractivity contribution in [2.75, 3.05) is 5.32 Å². The van der Waals surface area contributed by atoms with E-state index >= 15 is 0 Å². The van der Waals surface area contributed by atoms with Crippen molar-refractivity contribution in [2.45, 2.75) is 12.5 Å². The number of carbonyl (C=O) groups excluding carboxylic acids is 1. The van der Waals surface area contributed by atoms with Crippen LogP contribution in [0.1, 0.15) is 6.42 Å². The van der Waals surface area contributed by atoms with Crippen LogP contribution in [0.5, 0.6) is 0 Å². The van der Waals surface area contributed by atoms with Crippen LogP contribution in [-0.2, 0) is 14.4 Å². The minimum atomic E-state index is -1.20. The number of benzene rings is 1. The molecule has 0 spiro atoms. The number of nitrogens with one attached hydrogen (secondary N) is 1. The molecular weight excluding hydrogens is 295 g/mol. The van der Waals surface area contributed by atoms with E-state index in [0.717, 1.165) is 0 Å². The standard InChI is InChI=1S/C11H8Cl2N2O4/c12-6-2-1-5(3-7(6)13)14-10(16)9-4-8(11(17)18)15-19-9/h1-3,9H,4H2,(H,14,16)(H,17,18). The van der Waals surface area contributed by atoms with Crippen LogP contribution in [0.25, 0.3) is 0 Å². The Bertz CT molecular complexity index is 574. The lowest BCUT2D eigenvalue weighted by molar-refractivity contribution is -0.129. The first-order valence-corrected chi connectivity index (χ1v) is 5.95. The quantitative estimate of drug-likeness (QED) is 0.895. The van der Waals surface area contributed by atoms with Crippen LogP contribution in [0.2, 0.25) is 10.0 Å². The van der Waals surface area contributed by atoms with Crippen LogP contribution in [0.3, 0.4) is 0 Å². The molecule has 1 aliphatic heterocycles. The number of carboxylic acid groups (broad SMARTS) is 1. The van der Waals surface area contributed by atoms with Crippen LogP contribution in [0.15, 0.2) is 23.4 Å². The normalized spacial score (nSPS) is 17.6. The van der Waals surface area contributed by atoms with Gasteiger partial charge < -0.3 is 15.3 Å². The van der Waals surface area contributed by atoms with E-state index in [9.17, 15) is 9.59 Å². The monoisotopic (exact) mass is 302 g/mol. The molecule has 0 saturated carbocycles. The summed E-state index contributed by atoms with van der Waals surface area (Å²) in [6.07, 6.45) is -1.04. The molecule has 100 valence electrons. The fraction of sp³-hybridized carbons (Fsp3) is 0.182. The van der Waals surface area contributed by atoms with Crippen LogP contribution in [0.4, 0.5) is 5.69 Å². The van der Waals surface area contributed by atoms with Gasteiger partial charge in [-0.05, 0) is 18.2 Å². The van der Waals surface area contributed by atoms with Gasteiger partial charge in [0.25, 0.3) is 5.91 Å². The highest BCUT2D eigenvalue weighted by Crippen LogP contribution is 2.25. The minimum Gasteiger partial charge on any atom is -0.477 e. The second kappa shape index (κ2) is 5.46. The Balaban J connectivity index is 1.99. The third kappa shape index (κ3) is 3.15. The van der Waals surface area contributed by atoms with Crippen molar-refractivity contribution in [1.29, 1.82) is 0 Å². The summed E-state index contributed by atoms with van der Waals surface area (Å²) in [5, 5.41) is 15.2. The minimum absolute atomic E-state index is 0.0809. The number of hydrogen-bond acceptors (Lipinski definition) is 4. The van der Waals surface area contributed by atoms with Crippen molar-refractivity contribution in [2.24, 2.45) is 5.16 Å². The number of nitrogens with zero attached hydrogens (tertiary/aromatic N) is 1. The zero-order chi connectivity index (χ0) is 14.0. The summed E-state index contributed by atoms with van der Waals surface area (Å²) in [6.45, 7) is 0. The molecular formula is C11H8Cl2N2O4. The lowest BCUT2D eigenvalue weighted by atomic mass is 10.1. The summed E-state index contributed by atoms with van der Waals surface area (Å²) >= 11 is 11.6. The van der Waals surface area contributed by atoms with Gasteiger partial charge in [-0.2, -0.15) is 0 Å². The largest absolute Gasteiger partial charge is 0.477 e. The summed E-state index contributed by atoms with van der Waals surface area (Å²) in [4.78, 5) is 27.2. The molecule has 1 aromatic carbocycles. The van der Waals surface area contributed by atoms with Crippen LogP contribution in [-0.4, -0.2) is 28.8 Å². The SMILES string of the molecule is O=C(O)C1=NOC(C(=O)Nc2ccc(Cl)c(Cl)c2)C1. The highest BCUT2D eigenvalue weighted by molar-refractivity contribution is 6.42. The molecule has 2 rings (SSSR count). The summed E-state index contributed by atoms with van der Waals surface area (Å²) in [5.41, 5.74) is 0.251. The number of carboxylic acids is 1. The van der Waals surface area contributed by atoms with E-state index in [2.05, 4.69) is 10.5 Å². The van der Waals surface area contributed by atoms with Crippen molar-refractivity contribution in [3.05, 3.63) is 28.2 Å². The molecule has 1 heterocycles. The van der Waals surface area contributed by atoms with E-state index in [1.807, 2.05) is 0 Å². The zero-order valence-corrected chi connectivity index (χ0v) is 10.9. The van der Waals surface area contributed by atoms with Crippen molar-refractivity contribution in [3.8, 4) is 0 Å². The highest BCUT2D eigenvalue weighted by atomic mass is 35.5. The molecule has 6 nitrogen and oxygen atoms in total. The topological polar surface area (TPSA) is 88.0 Å². The first-order valence-electron chi connectivity index (χ1n) is 5.19. The molecule has 0 bridgehead atoms. The average Bonchev–Trinajstić information content (AvgIpc) is 2.83. The smallest absolute Gasteiger partial charge is 0.353 e. The summed E-state index contributed by atoms with van der Waals surface area (Å²) in [5.74, 6) is -1.71. The maximum absolute atomic E-state index is 11.8. The Morgan fingerprint density at radius 1 is 1.37 bits per heavy atom. The van der Waals surface area contributed by atoms with Crippen LogP contribution >= 0.6 is 23.2 Å². The molecule has 1 aliphatic rings. The van der Waals surface area contributed by atoms with E-state index < -0.39 is 18.0 Å². The fourth-order valence-corrected chi connectivity index (χ4v) is 1.74. The van der Waals surface area contributed by atoms with E-state index in [4.69, 9.17) is 33.1 Å². The van der Waals surface area contributed by atoms with Crippen molar-refractivity contribution in [1.82, 2.24) is 0 Å². The molecule has 0 fully saturated rings. The van der Waals surface area contributed by atoms with Gasteiger partial charge in [0.15, 0.2) is 5.71 Å². The Morgan fingerprint density at radius 2 is 2.11 bits per heavy atom. The Morgan fingerprint density at radius 3 is 2.68 bits per heavy atom. The molecule has 1 amide bonds. The van der Waals surface area contributed by atoms with E-state index in [-0.39, 0.29) is 12.1 Å².